The SMILES string of the molecule is CC1CCN(S(=O)(=O)NCC(c2ccco2)N(C)C)CC1. The van der Waals surface area contributed by atoms with Crippen molar-refractivity contribution in [2.45, 2.75) is 25.8 Å². The number of nitrogens with zero attached hydrogens (tertiary/aromatic N) is 2. The fraction of sp³-hybridized carbons (Fsp3) is 0.714. The maximum Gasteiger partial charge on any atom is 0.279 e. The quantitative estimate of drug-likeness (QED) is 0.863. The summed E-state index contributed by atoms with van der Waals surface area (Å²) < 4.78 is 34.4. The number of nitrogens with one attached hydrogen (secondary N) is 1. The minimum absolute atomic E-state index is 0.113. The molecule has 1 aliphatic heterocycles. The van der Waals surface area contributed by atoms with Crippen molar-refractivity contribution in [1.82, 2.24) is 13.9 Å². The van der Waals surface area contributed by atoms with Gasteiger partial charge in [0.25, 0.3) is 10.2 Å². The summed E-state index contributed by atoms with van der Waals surface area (Å²) in [7, 11) is 0.402. The molecule has 120 valence electrons. The number of furan rings is 1. The summed E-state index contributed by atoms with van der Waals surface area (Å²) in [6, 6.07) is 3.56. The van der Waals surface area contributed by atoms with E-state index in [2.05, 4.69) is 11.6 Å². The predicted molar refractivity (Wildman–Crippen MR) is 82.0 cm³/mol. The summed E-state index contributed by atoms with van der Waals surface area (Å²) in [5.74, 6) is 1.36. The van der Waals surface area contributed by atoms with Crippen LogP contribution < -0.4 is 4.72 Å². The third kappa shape index (κ3) is 4.29. The number of hydrogen-bond donors (Lipinski definition) is 1. The minimum atomic E-state index is -3.41. The Labute approximate surface area is 127 Å². The molecule has 1 aromatic rings. The van der Waals surface area contributed by atoms with Gasteiger partial charge in [-0.05, 0) is 45.0 Å². The Morgan fingerprint density at radius 3 is 2.62 bits per heavy atom. The topological polar surface area (TPSA) is 65.8 Å². The van der Waals surface area contributed by atoms with Gasteiger partial charge in [-0.1, -0.05) is 6.92 Å². The van der Waals surface area contributed by atoms with Crippen molar-refractivity contribution in [3.8, 4) is 0 Å². The van der Waals surface area contributed by atoms with Crippen LogP contribution in [0.1, 0.15) is 31.6 Å². The summed E-state index contributed by atoms with van der Waals surface area (Å²) in [5, 5.41) is 0. The molecule has 21 heavy (non-hydrogen) atoms. The first-order valence-corrected chi connectivity index (χ1v) is 8.78. The lowest BCUT2D eigenvalue weighted by molar-refractivity contribution is 0.253. The molecule has 7 heteroatoms. The zero-order valence-corrected chi connectivity index (χ0v) is 13.8. The smallest absolute Gasteiger partial charge is 0.279 e. The molecule has 0 bridgehead atoms. The first kappa shape index (κ1) is 16.5. The Bertz CT molecular complexity index is 520. The van der Waals surface area contributed by atoms with Crippen LogP contribution in [0.3, 0.4) is 0 Å². The van der Waals surface area contributed by atoms with Crippen LogP contribution >= 0.6 is 0 Å². The second-order valence-corrected chi connectivity index (χ2v) is 7.69. The first-order chi connectivity index (χ1) is 9.90. The van der Waals surface area contributed by atoms with E-state index in [9.17, 15) is 8.42 Å². The molecule has 0 spiro atoms. The van der Waals surface area contributed by atoms with Crippen LogP contribution in [0.4, 0.5) is 0 Å². The molecule has 1 atom stereocenters. The van der Waals surface area contributed by atoms with E-state index in [4.69, 9.17) is 4.42 Å². The minimum Gasteiger partial charge on any atom is -0.468 e. The van der Waals surface area contributed by atoms with Crippen molar-refractivity contribution in [3.63, 3.8) is 0 Å². The van der Waals surface area contributed by atoms with Gasteiger partial charge >= 0.3 is 0 Å². The van der Waals surface area contributed by atoms with E-state index in [1.165, 1.54) is 0 Å². The second-order valence-electron chi connectivity index (χ2n) is 5.93. The Morgan fingerprint density at radius 2 is 2.10 bits per heavy atom. The molecule has 0 radical (unpaired) electrons. The molecular formula is C14H25N3O3S. The Morgan fingerprint density at radius 1 is 1.43 bits per heavy atom. The third-order valence-corrected chi connectivity index (χ3v) is 5.61. The fourth-order valence-electron chi connectivity index (χ4n) is 2.52. The lowest BCUT2D eigenvalue weighted by Gasteiger charge is -2.30. The summed E-state index contributed by atoms with van der Waals surface area (Å²) >= 11 is 0. The molecule has 1 N–H and O–H groups in total. The van der Waals surface area contributed by atoms with Crippen LogP contribution in [0.2, 0.25) is 0 Å². The van der Waals surface area contributed by atoms with E-state index in [0.717, 1.165) is 18.6 Å². The van der Waals surface area contributed by atoms with Crippen LogP contribution in [0.25, 0.3) is 0 Å². The van der Waals surface area contributed by atoms with Crippen LogP contribution in [0, 0.1) is 5.92 Å². The third-order valence-electron chi connectivity index (χ3n) is 4.04. The molecule has 0 aliphatic carbocycles. The maximum absolute atomic E-state index is 12.4. The fourth-order valence-corrected chi connectivity index (χ4v) is 3.76. The highest BCUT2D eigenvalue weighted by Gasteiger charge is 2.28. The van der Waals surface area contributed by atoms with Gasteiger partial charge in [-0.25, -0.2) is 4.72 Å². The molecule has 1 fully saturated rings. The first-order valence-electron chi connectivity index (χ1n) is 7.34. The maximum atomic E-state index is 12.4. The highest BCUT2D eigenvalue weighted by molar-refractivity contribution is 7.87. The van der Waals surface area contributed by atoms with Crippen LogP contribution in [0.5, 0.6) is 0 Å². The number of hydrogen-bond acceptors (Lipinski definition) is 4. The summed E-state index contributed by atoms with van der Waals surface area (Å²) in [6.45, 7) is 3.67. The van der Waals surface area contributed by atoms with E-state index in [1.807, 2.05) is 31.1 Å². The lowest BCUT2D eigenvalue weighted by atomic mass is 10.0. The highest BCUT2D eigenvalue weighted by atomic mass is 32.2. The van der Waals surface area contributed by atoms with Gasteiger partial charge in [0.2, 0.25) is 0 Å². The van der Waals surface area contributed by atoms with Crippen LogP contribution in [-0.4, -0.2) is 51.4 Å². The molecule has 0 amide bonds. The predicted octanol–water partition coefficient (Wildman–Crippen LogP) is 1.45. The van der Waals surface area contributed by atoms with Crippen molar-refractivity contribution < 1.29 is 12.8 Å². The van der Waals surface area contributed by atoms with Gasteiger partial charge in [-0.15, -0.1) is 0 Å². The molecule has 2 heterocycles. The number of piperidine rings is 1. The molecule has 1 aromatic heterocycles. The van der Waals surface area contributed by atoms with Crippen molar-refractivity contribution in [3.05, 3.63) is 24.2 Å². The molecule has 0 aromatic carbocycles. The van der Waals surface area contributed by atoms with E-state index in [0.29, 0.717) is 25.6 Å². The van der Waals surface area contributed by atoms with Gasteiger partial charge in [0, 0.05) is 19.6 Å². The molecule has 1 saturated heterocycles. The van der Waals surface area contributed by atoms with Gasteiger partial charge < -0.3 is 4.42 Å². The van der Waals surface area contributed by atoms with Gasteiger partial charge in [-0.2, -0.15) is 12.7 Å². The van der Waals surface area contributed by atoms with Crippen LogP contribution in [-0.2, 0) is 10.2 Å². The average Bonchev–Trinajstić information content (AvgIpc) is 2.93. The van der Waals surface area contributed by atoms with Crippen molar-refractivity contribution in [2.24, 2.45) is 5.92 Å². The van der Waals surface area contributed by atoms with E-state index >= 15 is 0 Å². The molecular weight excluding hydrogens is 290 g/mol. The average molecular weight is 315 g/mol. The van der Waals surface area contributed by atoms with Crippen LogP contribution in [0.15, 0.2) is 22.8 Å². The van der Waals surface area contributed by atoms with E-state index in [-0.39, 0.29) is 6.04 Å². The monoisotopic (exact) mass is 315 g/mol. The normalized spacial score (nSPS) is 20.0. The van der Waals surface area contributed by atoms with Gasteiger partial charge in [0.1, 0.15) is 5.76 Å². The number of rotatable bonds is 6. The Balaban J connectivity index is 1.96. The van der Waals surface area contributed by atoms with E-state index < -0.39 is 10.2 Å². The molecule has 0 saturated carbocycles. The van der Waals surface area contributed by atoms with E-state index in [1.54, 1.807) is 10.6 Å². The zero-order valence-electron chi connectivity index (χ0n) is 12.9. The summed E-state index contributed by atoms with van der Waals surface area (Å²) in [5.41, 5.74) is 0. The molecule has 6 nitrogen and oxygen atoms in total. The van der Waals surface area contributed by atoms with Gasteiger partial charge in [-0.3, -0.25) is 4.90 Å². The Kier molecular flexibility index (Phi) is 5.43. The molecule has 1 aliphatic rings. The molecule has 2 rings (SSSR count). The summed E-state index contributed by atoms with van der Waals surface area (Å²) in [4.78, 5) is 1.94. The zero-order chi connectivity index (χ0) is 15.5. The summed E-state index contributed by atoms with van der Waals surface area (Å²) in [6.07, 6.45) is 3.46. The lowest BCUT2D eigenvalue weighted by Crippen LogP contribution is -2.46. The van der Waals surface area contributed by atoms with Crippen molar-refractivity contribution >= 4 is 10.2 Å². The van der Waals surface area contributed by atoms with Crippen molar-refractivity contribution in [1.29, 1.82) is 0 Å². The second kappa shape index (κ2) is 6.91. The molecule has 1 unspecified atom stereocenters. The van der Waals surface area contributed by atoms with Gasteiger partial charge in [0.15, 0.2) is 0 Å². The largest absolute Gasteiger partial charge is 0.468 e. The Hall–Kier alpha value is -0.890. The number of likely N-dealkylation sites (N-methyl/N-ethyl adjacent to an activating group) is 1. The highest BCUT2D eigenvalue weighted by Crippen LogP contribution is 2.20. The standard InChI is InChI=1S/C14H25N3O3S/c1-12-6-8-17(9-7-12)21(18,19)15-11-13(16(2)3)14-5-4-10-20-14/h4-5,10,12-13,15H,6-9,11H2,1-3H3. The van der Waals surface area contributed by atoms with Crippen molar-refractivity contribution in [2.75, 3.05) is 33.7 Å². The van der Waals surface area contributed by atoms with Gasteiger partial charge in [0.05, 0.1) is 12.3 Å².